The molecule has 0 aliphatic rings. The zero-order chi connectivity index (χ0) is 27.3. The third-order valence-corrected chi connectivity index (χ3v) is 5.52. The van der Waals surface area contributed by atoms with Crippen molar-refractivity contribution in [3.63, 3.8) is 0 Å². The highest BCUT2D eigenvalue weighted by atomic mass is 19.4. The van der Waals surface area contributed by atoms with Gasteiger partial charge in [0.1, 0.15) is 17.1 Å². The Balaban J connectivity index is 1.75. The first-order valence-corrected chi connectivity index (χ1v) is 11.4. The van der Waals surface area contributed by atoms with E-state index in [0.717, 1.165) is 5.39 Å². The molecule has 4 rings (SSSR count). The number of hydrogen-bond donors (Lipinski definition) is 1. The van der Waals surface area contributed by atoms with Gasteiger partial charge in [-0.3, -0.25) is 9.48 Å². The fraction of sp³-hybridized carbons (Fsp3) is 0.231. The normalized spacial score (nSPS) is 12.0. The molecule has 0 fully saturated rings. The second-order valence-corrected chi connectivity index (χ2v) is 8.16. The average molecular weight is 528 g/mol. The van der Waals surface area contributed by atoms with E-state index in [1.807, 2.05) is 0 Å². The van der Waals surface area contributed by atoms with E-state index in [4.69, 9.17) is 14.6 Å². The average Bonchev–Trinajstić information content (AvgIpc) is 3.32. The van der Waals surface area contributed by atoms with E-state index in [1.165, 1.54) is 19.2 Å². The monoisotopic (exact) mass is 527 g/mol. The molecule has 0 unspecified atom stereocenters. The van der Waals surface area contributed by atoms with E-state index in [-0.39, 0.29) is 29.7 Å². The number of carbonyl (C=O) groups excluding carboxylic acids is 1. The van der Waals surface area contributed by atoms with Crippen LogP contribution in [-0.4, -0.2) is 65.4 Å². The van der Waals surface area contributed by atoms with Crippen LogP contribution in [0, 0.1) is 0 Å². The second-order valence-electron chi connectivity index (χ2n) is 8.16. The van der Waals surface area contributed by atoms with Crippen molar-refractivity contribution < 1.29 is 32.5 Å². The van der Waals surface area contributed by atoms with Crippen LogP contribution in [0.1, 0.15) is 5.56 Å². The maximum Gasteiger partial charge on any atom is 0.422 e. The second kappa shape index (κ2) is 11.3. The Kier molecular flexibility index (Phi) is 7.91. The number of carbonyl (C=O) groups is 1. The number of anilines is 2. The van der Waals surface area contributed by atoms with Gasteiger partial charge in [-0.1, -0.05) is 6.07 Å². The zero-order valence-electron chi connectivity index (χ0n) is 20.5. The summed E-state index contributed by atoms with van der Waals surface area (Å²) in [6.45, 7) is -1.24. The van der Waals surface area contributed by atoms with Crippen molar-refractivity contribution in [3.05, 3.63) is 66.4 Å². The van der Waals surface area contributed by atoms with Gasteiger partial charge in [-0.25, -0.2) is 4.99 Å². The number of fused-ring (bicyclic) bond motifs is 1. The molecule has 4 aromatic rings. The summed E-state index contributed by atoms with van der Waals surface area (Å²) in [5, 5.41) is 14.2. The molecule has 0 aliphatic heterocycles. The number of ether oxygens (including phenoxy) is 2. The van der Waals surface area contributed by atoms with Gasteiger partial charge in [0.25, 0.3) is 0 Å². The number of alkyl halides is 3. The molecule has 2 aromatic carbocycles. The van der Waals surface area contributed by atoms with Gasteiger partial charge in [0, 0.05) is 35.9 Å². The van der Waals surface area contributed by atoms with Crippen LogP contribution in [0.25, 0.3) is 10.9 Å². The van der Waals surface area contributed by atoms with Crippen LogP contribution in [0.5, 0.6) is 11.6 Å². The standard InChI is InChI=1S/C26H24F3N5O4/c1-33(19-4-6-20(37-2)7-5-19)25-22(9-10-24(31-25)38-16-26(27,28)29)30-23(15-36)17-3-8-21-18(13-17)14-34(32-21)11-12-35/h3-10,13-15,35H,11-12,16H2,1-2H3. The Hall–Kier alpha value is -4.45. The number of benzene rings is 2. The molecule has 198 valence electrons. The van der Waals surface area contributed by atoms with Crippen LogP contribution in [0.2, 0.25) is 0 Å². The first-order valence-electron chi connectivity index (χ1n) is 11.4. The van der Waals surface area contributed by atoms with Gasteiger partial charge < -0.3 is 19.5 Å². The summed E-state index contributed by atoms with van der Waals surface area (Å²) in [4.78, 5) is 22.5. The largest absolute Gasteiger partial charge is 0.497 e. The summed E-state index contributed by atoms with van der Waals surface area (Å²) in [5.74, 6) is 0.546. The molecular weight excluding hydrogens is 503 g/mol. The molecule has 0 radical (unpaired) electrons. The van der Waals surface area contributed by atoms with Crippen LogP contribution >= 0.6 is 0 Å². The van der Waals surface area contributed by atoms with Gasteiger partial charge in [-0.15, -0.1) is 0 Å². The summed E-state index contributed by atoms with van der Waals surface area (Å²) >= 11 is 0. The quantitative estimate of drug-likeness (QED) is 0.240. The Morgan fingerprint density at radius 3 is 2.58 bits per heavy atom. The molecule has 0 bridgehead atoms. The molecule has 0 atom stereocenters. The van der Waals surface area contributed by atoms with Crippen molar-refractivity contribution >= 4 is 40.1 Å². The molecule has 0 aliphatic carbocycles. The van der Waals surface area contributed by atoms with Gasteiger partial charge in [0.2, 0.25) is 5.88 Å². The first kappa shape index (κ1) is 26.6. The van der Waals surface area contributed by atoms with Crippen molar-refractivity contribution in [2.75, 3.05) is 32.3 Å². The molecule has 2 heterocycles. The van der Waals surface area contributed by atoms with Crippen LogP contribution in [-0.2, 0) is 11.3 Å². The summed E-state index contributed by atoms with van der Waals surface area (Å²) in [6, 6.07) is 14.8. The fourth-order valence-corrected chi connectivity index (χ4v) is 3.66. The number of aliphatic hydroxyl groups excluding tert-OH is 1. The molecule has 2 aromatic heterocycles. The Morgan fingerprint density at radius 1 is 1.16 bits per heavy atom. The summed E-state index contributed by atoms with van der Waals surface area (Å²) in [6.07, 6.45) is -2.20. The van der Waals surface area contributed by atoms with E-state index < -0.39 is 12.8 Å². The predicted molar refractivity (Wildman–Crippen MR) is 136 cm³/mol. The minimum atomic E-state index is -4.53. The topological polar surface area (TPSA) is 102 Å². The van der Waals surface area contributed by atoms with Crippen molar-refractivity contribution in [2.45, 2.75) is 12.7 Å². The van der Waals surface area contributed by atoms with E-state index >= 15 is 0 Å². The van der Waals surface area contributed by atoms with E-state index in [9.17, 15) is 18.0 Å². The Labute approximate surface area is 215 Å². The van der Waals surface area contributed by atoms with E-state index in [2.05, 4.69) is 15.1 Å². The highest BCUT2D eigenvalue weighted by Gasteiger charge is 2.29. The lowest BCUT2D eigenvalue weighted by Crippen LogP contribution is -2.20. The molecule has 38 heavy (non-hydrogen) atoms. The number of pyridine rings is 1. The molecule has 0 saturated carbocycles. The number of nitrogens with zero attached hydrogens (tertiary/aromatic N) is 5. The highest BCUT2D eigenvalue weighted by Crippen LogP contribution is 2.34. The molecule has 0 amide bonds. The van der Waals surface area contributed by atoms with Crippen molar-refractivity contribution in [2.24, 2.45) is 4.99 Å². The van der Waals surface area contributed by atoms with Gasteiger partial charge >= 0.3 is 6.18 Å². The number of methoxy groups -OCH3 is 1. The van der Waals surface area contributed by atoms with Crippen LogP contribution in [0.4, 0.5) is 30.4 Å². The number of halogens is 3. The van der Waals surface area contributed by atoms with Crippen molar-refractivity contribution in [1.29, 1.82) is 0 Å². The van der Waals surface area contributed by atoms with Crippen molar-refractivity contribution in [1.82, 2.24) is 14.8 Å². The maximum absolute atomic E-state index is 12.7. The summed E-state index contributed by atoms with van der Waals surface area (Å²) in [7, 11) is 3.20. The third-order valence-electron chi connectivity index (χ3n) is 5.52. The van der Waals surface area contributed by atoms with Crippen molar-refractivity contribution in [3.8, 4) is 11.6 Å². The molecule has 12 heteroatoms. The lowest BCUT2D eigenvalue weighted by atomic mass is 10.1. The third kappa shape index (κ3) is 6.27. The van der Waals surface area contributed by atoms with Gasteiger partial charge in [0.05, 0.1) is 25.8 Å². The maximum atomic E-state index is 12.7. The zero-order valence-corrected chi connectivity index (χ0v) is 20.5. The molecule has 0 saturated heterocycles. The molecular formula is C26H24F3N5O4. The van der Waals surface area contributed by atoms with E-state index in [1.54, 1.807) is 65.3 Å². The lowest BCUT2D eigenvalue weighted by molar-refractivity contribution is -0.154. The van der Waals surface area contributed by atoms with Crippen LogP contribution in [0.15, 0.2) is 65.8 Å². The number of aliphatic hydroxyl groups is 1. The van der Waals surface area contributed by atoms with Crippen LogP contribution in [0.3, 0.4) is 0 Å². The summed E-state index contributed by atoms with van der Waals surface area (Å²) < 4.78 is 49.8. The van der Waals surface area contributed by atoms with Gasteiger partial charge in [0.15, 0.2) is 18.7 Å². The predicted octanol–water partition coefficient (Wildman–Crippen LogP) is 4.46. The highest BCUT2D eigenvalue weighted by molar-refractivity contribution is 6.37. The number of aliphatic imine (C=N–C) groups is 1. The minimum Gasteiger partial charge on any atom is -0.497 e. The SMILES string of the molecule is COc1ccc(N(C)c2nc(OCC(F)(F)F)ccc2N=C(C=O)c2ccc3nn(CCO)cc3c2)cc1. The smallest absolute Gasteiger partial charge is 0.422 e. The van der Waals surface area contributed by atoms with E-state index in [0.29, 0.717) is 35.3 Å². The molecule has 0 spiro atoms. The number of rotatable bonds is 10. The van der Waals surface area contributed by atoms with Gasteiger partial charge in [-0.05, 0) is 42.5 Å². The number of hydrogen-bond acceptors (Lipinski definition) is 8. The Bertz CT molecular complexity index is 1450. The fourth-order valence-electron chi connectivity index (χ4n) is 3.66. The lowest BCUT2D eigenvalue weighted by Gasteiger charge is -2.21. The molecule has 1 N–H and O–H groups in total. The number of aldehydes is 1. The van der Waals surface area contributed by atoms with Crippen LogP contribution < -0.4 is 14.4 Å². The Morgan fingerprint density at radius 2 is 1.92 bits per heavy atom. The first-order chi connectivity index (χ1) is 18.2. The van der Waals surface area contributed by atoms with Gasteiger partial charge in [-0.2, -0.15) is 23.3 Å². The minimum absolute atomic E-state index is 0.0674. The number of aromatic nitrogens is 3. The summed E-state index contributed by atoms with van der Waals surface area (Å²) in [5.41, 5.74) is 2.15. The molecule has 9 nitrogen and oxygen atoms in total.